The van der Waals surface area contributed by atoms with Crippen molar-refractivity contribution < 1.29 is 0 Å². The van der Waals surface area contributed by atoms with Crippen LogP contribution in [0.2, 0.25) is 0 Å². The molecule has 1 aromatic rings. The fourth-order valence-corrected chi connectivity index (χ4v) is 3.58. The van der Waals surface area contributed by atoms with E-state index in [0.717, 1.165) is 0 Å². The minimum absolute atomic E-state index is 0.0337. The summed E-state index contributed by atoms with van der Waals surface area (Å²) >= 11 is 0. The number of hydrogen-bond donors (Lipinski definition) is 0. The van der Waals surface area contributed by atoms with E-state index in [1.807, 2.05) is 6.08 Å². The van der Waals surface area contributed by atoms with Crippen LogP contribution in [0.3, 0.4) is 0 Å². The molecule has 0 nitrogen and oxygen atoms in total. The monoisotopic (exact) mass is 231 g/mol. The first-order valence-electron chi connectivity index (χ1n) is 5.45. The van der Waals surface area contributed by atoms with Crippen molar-refractivity contribution in [2.75, 3.05) is 0 Å². The summed E-state index contributed by atoms with van der Waals surface area (Å²) in [5, 5.41) is 0. The minimum atomic E-state index is 0.0337. The molecule has 1 unspecified atom stereocenters. The van der Waals surface area contributed by atoms with Crippen LogP contribution in [-0.2, 0) is 10.9 Å². The predicted molar refractivity (Wildman–Crippen MR) is 75.5 cm³/mol. The molecule has 0 bridgehead atoms. The Hall–Kier alpha value is -1.21. The van der Waals surface area contributed by atoms with Crippen molar-refractivity contribution in [1.82, 2.24) is 0 Å². The van der Waals surface area contributed by atoms with Gasteiger partial charge in [0.05, 0.1) is 10.9 Å². The van der Waals surface area contributed by atoms with Crippen molar-refractivity contribution in [3.8, 4) is 0 Å². The van der Waals surface area contributed by atoms with Crippen molar-refractivity contribution in [3.05, 3.63) is 64.9 Å². The summed E-state index contributed by atoms with van der Waals surface area (Å²) in [5.41, 5.74) is 0. The maximum Gasteiger partial charge on any atom is 0.166 e. The van der Waals surface area contributed by atoms with Crippen molar-refractivity contribution >= 4 is 10.9 Å². The molecule has 1 heteroatoms. The van der Waals surface area contributed by atoms with E-state index in [1.165, 1.54) is 14.7 Å². The Balaban J connectivity index is 3.22. The molecule has 0 saturated carbocycles. The third kappa shape index (κ3) is 2.89. The van der Waals surface area contributed by atoms with Crippen LogP contribution in [0, 0.1) is 0 Å². The van der Waals surface area contributed by atoms with Gasteiger partial charge in [-0.3, -0.25) is 0 Å². The SMILES string of the molecule is C=C/C(=C\C)[S+](/C(C)=C/C)c1ccccc1. The molecule has 0 aliphatic rings. The average molecular weight is 231 g/mol. The molecule has 1 rings (SSSR count). The molecule has 0 radical (unpaired) electrons. The van der Waals surface area contributed by atoms with Crippen molar-refractivity contribution in [2.24, 2.45) is 0 Å². The molecule has 0 aromatic heterocycles. The fraction of sp³-hybridized carbons (Fsp3) is 0.200. The highest BCUT2D eigenvalue weighted by molar-refractivity contribution is 8.04. The van der Waals surface area contributed by atoms with E-state index < -0.39 is 0 Å². The van der Waals surface area contributed by atoms with Gasteiger partial charge in [0.15, 0.2) is 9.80 Å². The summed E-state index contributed by atoms with van der Waals surface area (Å²) in [4.78, 5) is 4.03. The summed E-state index contributed by atoms with van der Waals surface area (Å²) in [7, 11) is 0.0337. The van der Waals surface area contributed by atoms with Crippen LogP contribution in [0.1, 0.15) is 20.8 Å². The summed E-state index contributed by atoms with van der Waals surface area (Å²) in [6, 6.07) is 10.6. The van der Waals surface area contributed by atoms with Gasteiger partial charge in [-0.05, 0) is 44.2 Å². The summed E-state index contributed by atoms with van der Waals surface area (Å²) in [5.74, 6) is 0. The zero-order chi connectivity index (χ0) is 12.0. The van der Waals surface area contributed by atoms with Gasteiger partial charge in [0.1, 0.15) is 4.91 Å². The average Bonchev–Trinajstić information content (AvgIpc) is 2.36. The van der Waals surface area contributed by atoms with Crippen molar-refractivity contribution in [1.29, 1.82) is 0 Å². The van der Waals surface area contributed by atoms with Gasteiger partial charge in [-0.1, -0.05) is 24.8 Å². The molecule has 84 valence electrons. The molecule has 0 saturated heterocycles. The van der Waals surface area contributed by atoms with E-state index in [2.05, 4.69) is 69.8 Å². The molecule has 0 heterocycles. The van der Waals surface area contributed by atoms with Crippen LogP contribution in [0.25, 0.3) is 0 Å². The molecule has 0 aliphatic carbocycles. The van der Waals surface area contributed by atoms with E-state index in [-0.39, 0.29) is 10.9 Å². The maximum absolute atomic E-state index is 3.91. The van der Waals surface area contributed by atoms with Gasteiger partial charge in [-0.15, -0.1) is 0 Å². The minimum Gasteiger partial charge on any atom is -0.0941 e. The molecule has 0 N–H and O–H groups in total. The highest BCUT2D eigenvalue weighted by Crippen LogP contribution is 2.29. The van der Waals surface area contributed by atoms with Gasteiger partial charge >= 0.3 is 0 Å². The van der Waals surface area contributed by atoms with Crippen molar-refractivity contribution in [2.45, 2.75) is 25.7 Å². The third-order valence-electron chi connectivity index (χ3n) is 2.43. The Morgan fingerprint density at radius 2 is 1.75 bits per heavy atom. The quantitative estimate of drug-likeness (QED) is 0.521. The van der Waals surface area contributed by atoms with Crippen LogP contribution < -0.4 is 0 Å². The first-order chi connectivity index (χ1) is 7.74. The molecule has 0 amide bonds. The summed E-state index contributed by atoms with van der Waals surface area (Å²) < 4.78 is 0. The Morgan fingerprint density at radius 1 is 1.12 bits per heavy atom. The largest absolute Gasteiger partial charge is 0.166 e. The second-order valence-corrected chi connectivity index (χ2v) is 5.61. The van der Waals surface area contributed by atoms with Gasteiger partial charge in [-0.2, -0.15) is 0 Å². The lowest BCUT2D eigenvalue weighted by molar-refractivity contribution is 1.43. The van der Waals surface area contributed by atoms with Gasteiger partial charge in [0.2, 0.25) is 0 Å². The topological polar surface area (TPSA) is 0 Å². The van der Waals surface area contributed by atoms with E-state index >= 15 is 0 Å². The Kier molecular flexibility index (Phi) is 5.13. The third-order valence-corrected chi connectivity index (χ3v) is 4.93. The zero-order valence-electron chi connectivity index (χ0n) is 10.2. The van der Waals surface area contributed by atoms with E-state index in [9.17, 15) is 0 Å². The zero-order valence-corrected chi connectivity index (χ0v) is 11.1. The number of rotatable bonds is 4. The highest BCUT2D eigenvalue weighted by atomic mass is 32.2. The van der Waals surface area contributed by atoms with E-state index in [0.29, 0.717) is 0 Å². The van der Waals surface area contributed by atoms with Gasteiger partial charge in [-0.25, -0.2) is 0 Å². The molecule has 0 aliphatic heterocycles. The maximum atomic E-state index is 3.91. The lowest BCUT2D eigenvalue weighted by atomic mass is 10.4. The van der Waals surface area contributed by atoms with Crippen molar-refractivity contribution in [3.63, 3.8) is 0 Å². The van der Waals surface area contributed by atoms with Crippen LogP contribution in [-0.4, -0.2) is 0 Å². The molecule has 0 fully saturated rings. The number of allylic oxidation sites excluding steroid dienone is 4. The van der Waals surface area contributed by atoms with Gasteiger partial charge in [0, 0.05) is 6.92 Å². The molecular weight excluding hydrogens is 212 g/mol. The highest BCUT2D eigenvalue weighted by Gasteiger charge is 2.27. The van der Waals surface area contributed by atoms with Crippen LogP contribution in [0.5, 0.6) is 0 Å². The molecular formula is C15H19S+. The smallest absolute Gasteiger partial charge is 0.0941 e. The first-order valence-corrected chi connectivity index (χ1v) is 6.68. The Morgan fingerprint density at radius 3 is 2.19 bits per heavy atom. The summed E-state index contributed by atoms with van der Waals surface area (Å²) in [6.45, 7) is 10.3. The van der Waals surface area contributed by atoms with E-state index in [1.54, 1.807) is 0 Å². The second kappa shape index (κ2) is 6.39. The second-order valence-electron chi connectivity index (χ2n) is 3.41. The molecule has 16 heavy (non-hydrogen) atoms. The summed E-state index contributed by atoms with van der Waals surface area (Å²) in [6.07, 6.45) is 6.29. The standard InChI is InChI=1S/C15H19S/c1-5-13(4)16(14(6-2)7-3)15-11-9-8-10-12-15/h5-12H,2H2,1,3-4H3/q+1/b13-5+,14-7+. The lowest BCUT2D eigenvalue weighted by Crippen LogP contribution is -2.05. The normalized spacial score (nSPS) is 14.7. The molecule has 1 atom stereocenters. The van der Waals surface area contributed by atoms with Crippen LogP contribution >= 0.6 is 0 Å². The fourth-order valence-electron chi connectivity index (χ4n) is 1.50. The predicted octanol–water partition coefficient (Wildman–Crippen LogP) is 4.68. The first kappa shape index (κ1) is 12.9. The van der Waals surface area contributed by atoms with Gasteiger partial charge in [0.25, 0.3) is 0 Å². The number of hydrogen-bond acceptors (Lipinski definition) is 0. The Bertz CT molecular complexity index is 399. The molecule has 1 aromatic carbocycles. The number of benzene rings is 1. The molecule has 0 spiro atoms. The van der Waals surface area contributed by atoms with Gasteiger partial charge < -0.3 is 0 Å². The van der Waals surface area contributed by atoms with E-state index in [4.69, 9.17) is 0 Å². The Labute approximate surface area is 102 Å². The van der Waals surface area contributed by atoms with Crippen LogP contribution in [0.15, 0.2) is 69.8 Å². The lowest BCUT2D eigenvalue weighted by Gasteiger charge is -2.07. The van der Waals surface area contributed by atoms with Crippen LogP contribution in [0.4, 0.5) is 0 Å².